The van der Waals surface area contributed by atoms with Crippen molar-refractivity contribution in [1.82, 2.24) is 0 Å². The molecule has 88 valence electrons. The first kappa shape index (κ1) is 12.5. The number of carbonyl (C=O) groups is 1. The van der Waals surface area contributed by atoms with Crippen molar-refractivity contribution >= 4 is 11.6 Å². The zero-order valence-corrected chi connectivity index (χ0v) is 9.56. The van der Waals surface area contributed by atoms with Gasteiger partial charge in [0.1, 0.15) is 5.75 Å². The third-order valence-electron chi connectivity index (χ3n) is 1.91. The van der Waals surface area contributed by atoms with E-state index in [1.54, 1.807) is 19.1 Å². The first-order valence-corrected chi connectivity index (χ1v) is 5.32. The molecule has 0 aliphatic carbocycles. The van der Waals surface area contributed by atoms with E-state index in [-0.39, 0.29) is 12.3 Å². The first-order chi connectivity index (χ1) is 7.61. The van der Waals surface area contributed by atoms with Crippen LogP contribution in [-0.2, 0) is 4.79 Å². The number of benzene rings is 1. The Balaban J connectivity index is 2.59. The smallest absolute Gasteiger partial charge is 0.226 e. The maximum Gasteiger partial charge on any atom is 0.226 e. The molecule has 0 aliphatic rings. The van der Waals surface area contributed by atoms with E-state index in [1.165, 1.54) is 0 Å². The lowest BCUT2D eigenvalue weighted by Crippen LogP contribution is -2.17. The van der Waals surface area contributed by atoms with Crippen LogP contribution in [0.15, 0.2) is 24.3 Å². The Morgan fingerprint density at radius 1 is 1.56 bits per heavy atom. The van der Waals surface area contributed by atoms with Gasteiger partial charge >= 0.3 is 0 Å². The molecule has 0 saturated heterocycles. The highest BCUT2D eigenvalue weighted by atomic mass is 16.5. The molecule has 16 heavy (non-hydrogen) atoms. The van der Waals surface area contributed by atoms with E-state index >= 15 is 0 Å². The average Bonchev–Trinajstić information content (AvgIpc) is 2.17. The number of hydrogen-bond donors (Lipinski definition) is 2. The van der Waals surface area contributed by atoms with E-state index in [1.807, 2.05) is 19.1 Å². The lowest BCUT2D eigenvalue weighted by molar-refractivity contribution is -0.117. The van der Waals surface area contributed by atoms with Crippen molar-refractivity contribution in [3.63, 3.8) is 0 Å². The van der Waals surface area contributed by atoms with E-state index in [0.29, 0.717) is 12.3 Å². The summed E-state index contributed by atoms with van der Waals surface area (Å²) in [4.78, 5) is 11.4. The number of amides is 1. The van der Waals surface area contributed by atoms with Crippen molar-refractivity contribution in [2.75, 3.05) is 11.9 Å². The Morgan fingerprint density at radius 2 is 2.31 bits per heavy atom. The molecule has 0 aliphatic heterocycles. The predicted molar refractivity (Wildman–Crippen MR) is 62.5 cm³/mol. The summed E-state index contributed by atoms with van der Waals surface area (Å²) in [5.74, 6) is 0.515. The molecule has 1 aromatic rings. The van der Waals surface area contributed by atoms with Crippen LogP contribution in [0.2, 0.25) is 0 Å². The first-order valence-electron chi connectivity index (χ1n) is 5.32. The maximum atomic E-state index is 11.4. The molecule has 2 N–H and O–H groups in total. The summed E-state index contributed by atoms with van der Waals surface area (Å²) in [6, 6.07) is 7.17. The minimum absolute atomic E-state index is 0.0961. The molecule has 0 saturated carbocycles. The Kier molecular flexibility index (Phi) is 4.79. The summed E-state index contributed by atoms with van der Waals surface area (Å²) < 4.78 is 5.31. The van der Waals surface area contributed by atoms with Crippen molar-refractivity contribution in [1.29, 1.82) is 0 Å². The lowest BCUT2D eigenvalue weighted by Gasteiger charge is -2.08. The van der Waals surface area contributed by atoms with E-state index in [4.69, 9.17) is 9.84 Å². The molecule has 4 nitrogen and oxygen atoms in total. The molecule has 0 spiro atoms. The van der Waals surface area contributed by atoms with Gasteiger partial charge in [-0.1, -0.05) is 6.07 Å². The normalized spacial score (nSPS) is 11.9. The zero-order chi connectivity index (χ0) is 12.0. The largest absolute Gasteiger partial charge is 0.494 e. The Hall–Kier alpha value is -1.55. The van der Waals surface area contributed by atoms with Gasteiger partial charge in [-0.05, 0) is 26.0 Å². The summed E-state index contributed by atoms with van der Waals surface area (Å²) in [5, 5.41) is 11.7. The highest BCUT2D eigenvalue weighted by molar-refractivity contribution is 5.91. The second-order valence-corrected chi connectivity index (χ2v) is 3.56. The molecule has 0 aromatic heterocycles. The van der Waals surface area contributed by atoms with Crippen molar-refractivity contribution in [2.24, 2.45) is 0 Å². The van der Waals surface area contributed by atoms with Crippen LogP contribution in [-0.4, -0.2) is 23.7 Å². The molecule has 0 fully saturated rings. The topological polar surface area (TPSA) is 58.6 Å². The van der Waals surface area contributed by atoms with Crippen LogP contribution >= 0.6 is 0 Å². The van der Waals surface area contributed by atoms with Crippen LogP contribution in [0.3, 0.4) is 0 Å². The fraction of sp³-hybridized carbons (Fsp3) is 0.417. The Labute approximate surface area is 95.2 Å². The molecule has 1 unspecified atom stereocenters. The van der Waals surface area contributed by atoms with Gasteiger partial charge in [0.2, 0.25) is 5.91 Å². The number of anilines is 1. The number of nitrogens with one attached hydrogen (secondary N) is 1. The van der Waals surface area contributed by atoms with Crippen LogP contribution in [0.1, 0.15) is 20.3 Å². The monoisotopic (exact) mass is 223 g/mol. The van der Waals surface area contributed by atoms with Crippen LogP contribution in [0.4, 0.5) is 5.69 Å². The van der Waals surface area contributed by atoms with Crippen molar-refractivity contribution in [2.45, 2.75) is 26.4 Å². The van der Waals surface area contributed by atoms with Crippen molar-refractivity contribution in [3.05, 3.63) is 24.3 Å². The lowest BCUT2D eigenvalue weighted by atomic mass is 10.2. The Bertz CT molecular complexity index is 350. The molecule has 1 rings (SSSR count). The van der Waals surface area contributed by atoms with Gasteiger partial charge in [-0.25, -0.2) is 0 Å². The van der Waals surface area contributed by atoms with Crippen molar-refractivity contribution in [3.8, 4) is 5.75 Å². The van der Waals surface area contributed by atoms with Gasteiger partial charge < -0.3 is 15.2 Å². The fourth-order valence-corrected chi connectivity index (χ4v) is 1.31. The highest BCUT2D eigenvalue weighted by Gasteiger charge is 2.06. The van der Waals surface area contributed by atoms with E-state index in [2.05, 4.69) is 5.32 Å². The Morgan fingerprint density at radius 3 is 2.94 bits per heavy atom. The third kappa shape index (κ3) is 4.31. The van der Waals surface area contributed by atoms with Crippen LogP contribution in [0.25, 0.3) is 0 Å². The number of ether oxygens (including phenoxy) is 1. The van der Waals surface area contributed by atoms with E-state index < -0.39 is 6.10 Å². The van der Waals surface area contributed by atoms with Gasteiger partial charge in [0.25, 0.3) is 0 Å². The third-order valence-corrected chi connectivity index (χ3v) is 1.91. The molecule has 1 aromatic carbocycles. The summed E-state index contributed by atoms with van der Waals surface area (Å²) in [7, 11) is 0. The summed E-state index contributed by atoms with van der Waals surface area (Å²) in [6.07, 6.45) is -0.533. The van der Waals surface area contributed by atoms with Gasteiger partial charge in [0.05, 0.1) is 19.1 Å². The van der Waals surface area contributed by atoms with Gasteiger partial charge in [-0.2, -0.15) is 0 Å². The van der Waals surface area contributed by atoms with Gasteiger partial charge in [0, 0.05) is 11.8 Å². The highest BCUT2D eigenvalue weighted by Crippen LogP contribution is 2.17. The summed E-state index contributed by atoms with van der Waals surface area (Å²) in [6.45, 7) is 4.07. The van der Waals surface area contributed by atoms with Crippen LogP contribution < -0.4 is 10.1 Å². The molecular weight excluding hydrogens is 206 g/mol. The summed E-state index contributed by atoms with van der Waals surface area (Å²) >= 11 is 0. The quantitative estimate of drug-likeness (QED) is 0.800. The molecule has 4 heteroatoms. The number of carbonyl (C=O) groups excluding carboxylic acids is 1. The minimum Gasteiger partial charge on any atom is -0.494 e. The van der Waals surface area contributed by atoms with E-state index in [9.17, 15) is 4.79 Å². The molecule has 0 bridgehead atoms. The van der Waals surface area contributed by atoms with Gasteiger partial charge in [0.15, 0.2) is 0 Å². The number of aliphatic hydroxyl groups is 1. The number of rotatable bonds is 5. The molecule has 1 atom stereocenters. The minimum atomic E-state index is -0.630. The van der Waals surface area contributed by atoms with Crippen molar-refractivity contribution < 1.29 is 14.6 Å². The number of aliphatic hydroxyl groups excluding tert-OH is 1. The zero-order valence-electron chi connectivity index (χ0n) is 9.56. The average molecular weight is 223 g/mol. The summed E-state index contributed by atoms with van der Waals surface area (Å²) in [5.41, 5.74) is 0.677. The molecular formula is C12H17NO3. The standard InChI is InChI=1S/C12H17NO3/c1-3-16-11-6-4-5-10(8-11)13-12(15)7-9(2)14/h4-6,8-9,14H,3,7H2,1-2H3,(H,13,15). The number of hydrogen-bond acceptors (Lipinski definition) is 3. The van der Waals surface area contributed by atoms with Gasteiger partial charge in [-0.15, -0.1) is 0 Å². The SMILES string of the molecule is CCOc1cccc(NC(=O)CC(C)O)c1. The molecule has 1 amide bonds. The molecule has 0 radical (unpaired) electrons. The maximum absolute atomic E-state index is 11.4. The van der Waals surface area contributed by atoms with Gasteiger partial charge in [-0.3, -0.25) is 4.79 Å². The fourth-order valence-electron chi connectivity index (χ4n) is 1.31. The second kappa shape index (κ2) is 6.12. The van der Waals surface area contributed by atoms with Crippen LogP contribution in [0.5, 0.6) is 5.75 Å². The predicted octanol–water partition coefficient (Wildman–Crippen LogP) is 1.79. The molecule has 0 heterocycles. The second-order valence-electron chi connectivity index (χ2n) is 3.56. The van der Waals surface area contributed by atoms with E-state index in [0.717, 1.165) is 5.75 Å². The van der Waals surface area contributed by atoms with Crippen LogP contribution in [0, 0.1) is 0 Å².